The van der Waals surface area contributed by atoms with Gasteiger partial charge in [-0.25, -0.2) is 0 Å². The summed E-state index contributed by atoms with van der Waals surface area (Å²) in [4.78, 5) is 167. The Morgan fingerprint density at radius 3 is 1.28 bits per heavy atom. The highest BCUT2D eigenvalue weighted by Gasteiger charge is 2.45. The molecule has 11 amide bonds. The highest BCUT2D eigenvalue weighted by atomic mass is 16.3. The van der Waals surface area contributed by atoms with Gasteiger partial charge >= 0.3 is 0 Å². The number of nitrogens with zero attached hydrogens (tertiary/aromatic N) is 6. The third-order valence-electron chi connectivity index (χ3n) is 15.8. The molecule has 0 aliphatic carbocycles. The van der Waals surface area contributed by atoms with Gasteiger partial charge in [-0.1, -0.05) is 116 Å². The Bertz CT molecular complexity index is 2320. The molecular formula is C62H111N11O12. The van der Waals surface area contributed by atoms with Crippen molar-refractivity contribution in [1.82, 2.24) is 56.0 Å². The van der Waals surface area contributed by atoms with Crippen LogP contribution in [0.5, 0.6) is 0 Å². The molecule has 6 N–H and O–H groups in total. The summed E-state index contributed by atoms with van der Waals surface area (Å²) in [6, 6.07) is -12.5. The predicted molar refractivity (Wildman–Crippen MR) is 328 cm³/mol. The van der Waals surface area contributed by atoms with Crippen molar-refractivity contribution in [1.29, 1.82) is 0 Å². The van der Waals surface area contributed by atoms with E-state index in [0.29, 0.717) is 6.42 Å². The third kappa shape index (κ3) is 22.3. The zero-order valence-corrected chi connectivity index (χ0v) is 56.0. The minimum absolute atomic E-state index is 0.118. The fraction of sp³-hybridized carbons (Fsp3) is 0.790. The molecule has 0 aromatic heterocycles. The van der Waals surface area contributed by atoms with E-state index in [1.54, 1.807) is 67.5 Å². The van der Waals surface area contributed by atoms with Gasteiger partial charge in [0.15, 0.2) is 0 Å². The number of aliphatic hydroxyl groups excluding tert-OH is 1. The van der Waals surface area contributed by atoms with Crippen molar-refractivity contribution in [3.05, 3.63) is 12.2 Å². The number of likely N-dealkylation sites (N-methyl/N-ethyl adjacent to an activating group) is 6. The van der Waals surface area contributed by atoms with Crippen LogP contribution in [-0.4, -0.2) is 215 Å². The molecule has 486 valence electrons. The highest BCUT2D eigenvalue weighted by molar-refractivity contribution is 5.99. The Hall–Kier alpha value is -6.13. The summed E-state index contributed by atoms with van der Waals surface area (Å²) in [7, 11) is 8.41. The Kier molecular flexibility index (Phi) is 31.5. The van der Waals surface area contributed by atoms with E-state index in [2.05, 4.69) is 26.6 Å². The summed E-state index contributed by atoms with van der Waals surface area (Å²) in [5, 5.41) is 26.0. The first-order valence-electron chi connectivity index (χ1n) is 30.5. The lowest BCUT2D eigenvalue weighted by molar-refractivity contribution is -0.154. The number of rotatable bonds is 15. The Morgan fingerprint density at radius 2 is 0.835 bits per heavy atom. The fourth-order valence-corrected chi connectivity index (χ4v) is 10.5. The van der Waals surface area contributed by atoms with Crippen molar-refractivity contribution >= 4 is 65.0 Å². The van der Waals surface area contributed by atoms with E-state index in [0.717, 1.165) is 9.80 Å². The van der Waals surface area contributed by atoms with Crippen LogP contribution in [-0.2, 0) is 52.7 Å². The summed E-state index contributed by atoms with van der Waals surface area (Å²) < 4.78 is 0. The second-order valence-electron chi connectivity index (χ2n) is 26.4. The van der Waals surface area contributed by atoms with Crippen molar-refractivity contribution in [3.63, 3.8) is 0 Å². The maximum Gasteiger partial charge on any atom is 0.246 e. The number of aliphatic hydroxyl groups is 1. The van der Waals surface area contributed by atoms with Gasteiger partial charge in [-0.05, 0) is 100 Å². The van der Waals surface area contributed by atoms with Crippen LogP contribution in [0.3, 0.4) is 0 Å². The van der Waals surface area contributed by atoms with E-state index in [-0.39, 0.29) is 49.4 Å². The molecule has 23 heteroatoms. The molecule has 0 unspecified atom stereocenters. The van der Waals surface area contributed by atoms with E-state index >= 15 is 4.79 Å². The number of carbonyl (C=O) groups excluding carboxylic acids is 11. The van der Waals surface area contributed by atoms with Gasteiger partial charge in [0.05, 0.1) is 12.6 Å². The smallest absolute Gasteiger partial charge is 0.246 e. The lowest BCUT2D eigenvalue weighted by Crippen LogP contribution is -2.64. The first-order valence-corrected chi connectivity index (χ1v) is 30.5. The zero-order chi connectivity index (χ0) is 66.0. The van der Waals surface area contributed by atoms with E-state index in [1.807, 2.05) is 55.4 Å². The van der Waals surface area contributed by atoms with Crippen molar-refractivity contribution in [2.75, 3.05) is 48.8 Å². The molecule has 1 aliphatic rings. The lowest BCUT2D eigenvalue weighted by atomic mass is 9.91. The van der Waals surface area contributed by atoms with Crippen LogP contribution in [0.2, 0.25) is 0 Å². The number of carbonyl (C=O) groups is 11. The quantitative estimate of drug-likeness (QED) is 0.129. The molecule has 1 rings (SSSR count). The van der Waals surface area contributed by atoms with Crippen LogP contribution in [0.15, 0.2) is 12.2 Å². The number of hydrogen-bond acceptors (Lipinski definition) is 12. The van der Waals surface area contributed by atoms with Gasteiger partial charge in [0, 0.05) is 42.3 Å². The maximum atomic E-state index is 15.1. The molecule has 0 saturated carbocycles. The van der Waals surface area contributed by atoms with Crippen LogP contribution >= 0.6 is 0 Å². The molecule has 0 aromatic rings. The molecular weight excluding hydrogens is 1090 g/mol. The molecule has 1 heterocycles. The minimum atomic E-state index is -1.62. The van der Waals surface area contributed by atoms with E-state index in [1.165, 1.54) is 75.7 Å². The molecule has 1 fully saturated rings. The Balaban J connectivity index is 4.31. The van der Waals surface area contributed by atoms with E-state index in [9.17, 15) is 53.1 Å². The number of allylic oxidation sites excluding steroid dienone is 2. The first-order chi connectivity index (χ1) is 39.2. The second-order valence-corrected chi connectivity index (χ2v) is 26.4. The first kappa shape index (κ1) is 76.9. The maximum absolute atomic E-state index is 15.1. The van der Waals surface area contributed by atoms with Gasteiger partial charge in [-0.15, -0.1) is 0 Å². The van der Waals surface area contributed by atoms with Crippen LogP contribution in [0.4, 0.5) is 0 Å². The zero-order valence-electron chi connectivity index (χ0n) is 56.0. The third-order valence-corrected chi connectivity index (χ3v) is 15.8. The van der Waals surface area contributed by atoms with Crippen molar-refractivity contribution < 1.29 is 57.8 Å². The normalized spacial score (nSPS) is 26.8. The van der Waals surface area contributed by atoms with Crippen molar-refractivity contribution in [2.45, 2.75) is 223 Å². The van der Waals surface area contributed by atoms with Gasteiger partial charge in [0.2, 0.25) is 65.0 Å². The van der Waals surface area contributed by atoms with Gasteiger partial charge in [-0.3, -0.25) is 52.7 Å². The summed E-state index contributed by atoms with van der Waals surface area (Å²) in [5.41, 5.74) is 0. The van der Waals surface area contributed by atoms with Crippen molar-refractivity contribution in [3.8, 4) is 0 Å². The van der Waals surface area contributed by atoms with Crippen molar-refractivity contribution in [2.24, 2.45) is 47.3 Å². The van der Waals surface area contributed by atoms with E-state index in [4.69, 9.17) is 0 Å². The number of hydrogen-bond donors (Lipinski definition) is 6. The molecule has 0 spiro atoms. The van der Waals surface area contributed by atoms with Gasteiger partial charge < -0.3 is 61.1 Å². The largest absolute Gasteiger partial charge is 0.390 e. The molecule has 0 bridgehead atoms. The van der Waals surface area contributed by atoms with Crippen LogP contribution < -0.4 is 26.6 Å². The summed E-state index contributed by atoms with van der Waals surface area (Å²) in [6.07, 6.45) is 2.96. The summed E-state index contributed by atoms with van der Waals surface area (Å²) in [6.45, 7) is 30.9. The molecule has 23 nitrogen and oxygen atoms in total. The molecule has 1 saturated heterocycles. The number of amides is 11. The Morgan fingerprint density at radius 1 is 0.435 bits per heavy atom. The molecule has 85 heavy (non-hydrogen) atoms. The molecule has 12 atom stereocenters. The lowest BCUT2D eigenvalue weighted by Gasteiger charge is -2.40. The topological polar surface area (TPSA) is 288 Å². The highest BCUT2D eigenvalue weighted by Crippen LogP contribution is 2.24. The van der Waals surface area contributed by atoms with Gasteiger partial charge in [-0.2, -0.15) is 0 Å². The fourth-order valence-electron chi connectivity index (χ4n) is 10.5. The predicted octanol–water partition coefficient (Wildman–Crippen LogP) is 3.17. The molecule has 0 radical (unpaired) electrons. The standard InChI is InChI=1S/C62H111N11O12/c1-25-26-27-40(16)52(75)51-57(80)67-48(37(10)11)60(83)68(19)32-47(74)69(20)44(29-34(4)5)56(79)66-49(38(12)13)61(84)71(22)45(30-35(6)7)54(77)63-41(17)53(76)64-42(18)58(81)70(21)46(31-36(8)9)55(78)65-43(28-33(2)3)59(82)72(23)50(39(14)15)62(85)73(51)24/h25-26,33-46,48-52,75H,27-32H2,1-24H3,(H,63,77)(H,64,76)(H,65,78)(H,66,79)(H,67,80)/b26-25+/t40-,41+,42-,43+,44+,45-,46+,48-,49+,50-,51+,52-/m1/s1. The molecule has 0 aromatic carbocycles. The van der Waals surface area contributed by atoms with Gasteiger partial charge in [0.1, 0.15) is 60.4 Å². The number of nitrogens with one attached hydrogen (secondary N) is 5. The monoisotopic (exact) mass is 1200 g/mol. The van der Waals surface area contributed by atoms with E-state index < -0.39 is 162 Å². The average Bonchev–Trinajstić information content (AvgIpc) is 3.50. The second kappa shape index (κ2) is 34.9. The summed E-state index contributed by atoms with van der Waals surface area (Å²) >= 11 is 0. The van der Waals surface area contributed by atoms with Crippen LogP contribution in [0, 0.1) is 47.3 Å². The van der Waals surface area contributed by atoms with Crippen LogP contribution in [0.25, 0.3) is 0 Å². The SMILES string of the molecule is C/C=C/C[C@@H](C)[C@@H](O)[C@H]1C(=O)N[C@H](C(C)C)C(=O)N(C)CC(=O)N(C)[C@@H](CC(C)C)C(=O)N[C@@H](C(C)C)C(=O)N(C)[C@H](CC(C)C)C(=O)N[C@@H](C)C(=O)N[C@H](C)C(=O)N(C)[C@@H](CC(C)C)C(=O)N[C@@H](CC(C)C)C(=O)N(C)[C@H](C(C)C)C(=O)N1C. The minimum Gasteiger partial charge on any atom is -0.390 e. The Labute approximate surface area is 508 Å². The average molecular weight is 1200 g/mol. The van der Waals surface area contributed by atoms with Gasteiger partial charge in [0.25, 0.3) is 0 Å². The molecule has 1 aliphatic heterocycles. The van der Waals surface area contributed by atoms with Crippen LogP contribution in [0.1, 0.15) is 157 Å². The summed E-state index contributed by atoms with van der Waals surface area (Å²) in [5.74, 6) is -10.5.